The minimum Gasteiger partial charge on any atom is -0.474 e. The van der Waals surface area contributed by atoms with Crippen molar-refractivity contribution in [2.45, 2.75) is 6.54 Å². The van der Waals surface area contributed by atoms with Crippen molar-refractivity contribution in [2.24, 2.45) is 0 Å². The highest BCUT2D eigenvalue weighted by atomic mass is 32.1. The van der Waals surface area contributed by atoms with Crippen molar-refractivity contribution in [3.8, 4) is 18.0 Å². The molecule has 148 valence electrons. The van der Waals surface area contributed by atoms with Gasteiger partial charge in [-0.05, 0) is 12.2 Å². The molecule has 3 rings (SSSR count). The second kappa shape index (κ2) is 8.95. The van der Waals surface area contributed by atoms with Gasteiger partial charge >= 0.3 is 0 Å². The molecule has 1 saturated heterocycles. The first-order valence-electron chi connectivity index (χ1n) is 8.65. The molecular formula is C18H20F2N6OS. The van der Waals surface area contributed by atoms with Crippen molar-refractivity contribution in [2.75, 3.05) is 44.7 Å². The number of aromatic nitrogens is 3. The van der Waals surface area contributed by atoms with E-state index in [1.54, 1.807) is 11.1 Å². The number of rotatable bonds is 5. The van der Waals surface area contributed by atoms with E-state index in [-0.39, 0.29) is 23.1 Å². The smallest absolute Gasteiger partial charge is 0.256 e. The molecule has 0 saturated carbocycles. The first kappa shape index (κ1) is 20.0. The van der Waals surface area contributed by atoms with E-state index in [9.17, 15) is 8.78 Å². The Balaban J connectivity index is 1.73. The van der Waals surface area contributed by atoms with Gasteiger partial charge in [0, 0.05) is 38.3 Å². The van der Waals surface area contributed by atoms with Gasteiger partial charge in [0.1, 0.15) is 11.4 Å². The second-order valence-corrected chi connectivity index (χ2v) is 6.60. The van der Waals surface area contributed by atoms with Gasteiger partial charge in [-0.3, -0.25) is 4.90 Å². The maximum atomic E-state index is 14.7. The van der Waals surface area contributed by atoms with Crippen LogP contribution in [0, 0.1) is 24.0 Å². The van der Waals surface area contributed by atoms with Gasteiger partial charge in [-0.15, -0.1) is 11.5 Å². The number of hydrogen-bond donors (Lipinski definition) is 1. The fourth-order valence-corrected chi connectivity index (χ4v) is 3.06. The minimum absolute atomic E-state index is 0.0310. The average Bonchev–Trinajstić information content (AvgIpc) is 3.16. The van der Waals surface area contributed by atoms with Crippen molar-refractivity contribution < 1.29 is 13.5 Å². The van der Waals surface area contributed by atoms with E-state index < -0.39 is 11.6 Å². The van der Waals surface area contributed by atoms with E-state index in [2.05, 4.69) is 26.4 Å². The van der Waals surface area contributed by atoms with E-state index in [1.807, 2.05) is 0 Å². The Hall–Kier alpha value is -2.77. The van der Waals surface area contributed by atoms with Crippen LogP contribution in [0.25, 0.3) is 5.69 Å². The molecule has 0 amide bonds. The largest absolute Gasteiger partial charge is 0.474 e. The molecule has 10 heteroatoms. The molecule has 0 bridgehead atoms. The van der Waals surface area contributed by atoms with Crippen LogP contribution in [0.4, 0.5) is 14.5 Å². The van der Waals surface area contributed by atoms with E-state index in [4.69, 9.17) is 23.4 Å². The predicted molar refractivity (Wildman–Crippen MR) is 105 cm³/mol. The maximum Gasteiger partial charge on any atom is 0.256 e. The molecule has 2 heterocycles. The number of thiocarbonyl (C=S) groups is 1. The van der Waals surface area contributed by atoms with Gasteiger partial charge in [-0.1, -0.05) is 11.1 Å². The highest BCUT2D eigenvalue weighted by molar-refractivity contribution is 7.80. The summed E-state index contributed by atoms with van der Waals surface area (Å²) in [6, 6.07) is 2.50. The van der Waals surface area contributed by atoms with E-state index in [0.717, 1.165) is 0 Å². The molecule has 1 aliphatic rings. The van der Waals surface area contributed by atoms with Crippen LogP contribution in [-0.2, 0) is 11.3 Å². The molecule has 1 aromatic heterocycles. The Morgan fingerprint density at radius 2 is 1.96 bits per heavy atom. The summed E-state index contributed by atoms with van der Waals surface area (Å²) in [7, 11) is 1.45. The third-order valence-corrected chi connectivity index (χ3v) is 4.72. The molecule has 1 fully saturated rings. The lowest BCUT2D eigenvalue weighted by Crippen LogP contribution is -2.47. The number of ether oxygens (including phenoxy) is 1. The summed E-state index contributed by atoms with van der Waals surface area (Å²) in [6.45, 7) is 3.16. The number of methoxy groups -OCH3 is 1. The van der Waals surface area contributed by atoms with Crippen LogP contribution < -0.4 is 10.2 Å². The van der Waals surface area contributed by atoms with Crippen molar-refractivity contribution in [3.63, 3.8) is 0 Å². The Labute approximate surface area is 167 Å². The fourth-order valence-electron chi connectivity index (χ4n) is 2.99. The van der Waals surface area contributed by atoms with Crippen molar-refractivity contribution in [1.29, 1.82) is 0 Å². The van der Waals surface area contributed by atoms with Gasteiger partial charge in [-0.2, -0.15) is 0 Å². The molecule has 0 aliphatic carbocycles. The predicted octanol–water partition coefficient (Wildman–Crippen LogP) is 1.32. The van der Waals surface area contributed by atoms with Crippen LogP contribution in [-0.4, -0.2) is 64.9 Å². The van der Waals surface area contributed by atoms with Crippen LogP contribution in [0.2, 0.25) is 0 Å². The van der Waals surface area contributed by atoms with Crippen LogP contribution in [0.1, 0.15) is 5.69 Å². The van der Waals surface area contributed by atoms with E-state index in [1.165, 1.54) is 23.9 Å². The molecule has 1 aliphatic heterocycles. The molecular weight excluding hydrogens is 386 g/mol. The number of halogens is 2. The molecule has 7 nitrogen and oxygen atoms in total. The Morgan fingerprint density at radius 3 is 2.57 bits per heavy atom. The normalized spacial score (nSPS) is 14.6. The third kappa shape index (κ3) is 4.55. The molecule has 1 N–H and O–H groups in total. The number of benzene rings is 1. The van der Waals surface area contributed by atoms with Crippen molar-refractivity contribution >= 4 is 23.1 Å². The number of piperazine rings is 1. The van der Waals surface area contributed by atoms with Gasteiger partial charge in [-0.25, -0.2) is 13.5 Å². The summed E-state index contributed by atoms with van der Waals surface area (Å²) < 4.78 is 35.5. The maximum absolute atomic E-state index is 14.7. The number of terminal acetylenes is 1. The van der Waals surface area contributed by atoms with Gasteiger partial charge in [0.25, 0.3) is 5.17 Å². The zero-order chi connectivity index (χ0) is 20.1. The Kier molecular flexibility index (Phi) is 6.38. The first-order valence-corrected chi connectivity index (χ1v) is 9.06. The zero-order valence-electron chi connectivity index (χ0n) is 15.4. The van der Waals surface area contributed by atoms with Crippen LogP contribution in [0.3, 0.4) is 0 Å². The monoisotopic (exact) mass is 406 g/mol. The standard InChI is InChI=1S/C18H20F2N6OS/c1-3-4-24-5-7-25(8-6-24)17-15(19)9-14(10-16(17)20)26-12-13(22-23-26)11-21-18(28)27-2/h1,9-10,12H,4-8,11H2,2H3,(H,21,28). The van der Waals surface area contributed by atoms with E-state index in [0.29, 0.717) is 38.4 Å². The molecule has 0 spiro atoms. The topological polar surface area (TPSA) is 58.5 Å². The molecule has 28 heavy (non-hydrogen) atoms. The summed E-state index contributed by atoms with van der Waals surface area (Å²) in [6.07, 6.45) is 6.88. The number of nitrogens with zero attached hydrogens (tertiary/aromatic N) is 5. The highest BCUT2D eigenvalue weighted by Crippen LogP contribution is 2.27. The summed E-state index contributed by atoms with van der Waals surface area (Å²) in [5.74, 6) is 1.30. The Bertz CT molecular complexity index is 865. The Morgan fingerprint density at radius 1 is 1.29 bits per heavy atom. The average molecular weight is 406 g/mol. The zero-order valence-corrected chi connectivity index (χ0v) is 16.2. The number of nitrogens with one attached hydrogen (secondary N) is 1. The summed E-state index contributed by atoms with van der Waals surface area (Å²) in [4.78, 5) is 3.77. The lowest BCUT2D eigenvalue weighted by molar-refractivity contribution is 0.286. The summed E-state index contributed by atoms with van der Waals surface area (Å²) >= 11 is 4.88. The van der Waals surface area contributed by atoms with Gasteiger partial charge in [0.05, 0.1) is 32.1 Å². The number of anilines is 1. The highest BCUT2D eigenvalue weighted by Gasteiger charge is 2.23. The van der Waals surface area contributed by atoms with E-state index >= 15 is 0 Å². The summed E-state index contributed by atoms with van der Waals surface area (Å²) in [5, 5.41) is 10.9. The SMILES string of the molecule is C#CCN1CCN(c2c(F)cc(-n3cc(CNC(=S)OC)nn3)cc2F)CC1. The van der Waals surface area contributed by atoms with Gasteiger partial charge < -0.3 is 15.0 Å². The molecule has 0 unspecified atom stereocenters. The summed E-state index contributed by atoms with van der Waals surface area (Å²) in [5.41, 5.74) is 0.767. The van der Waals surface area contributed by atoms with Crippen LogP contribution in [0.15, 0.2) is 18.3 Å². The third-order valence-electron chi connectivity index (χ3n) is 4.41. The molecule has 0 atom stereocenters. The van der Waals surface area contributed by atoms with Gasteiger partial charge in [0.2, 0.25) is 0 Å². The second-order valence-electron chi connectivity index (χ2n) is 6.22. The van der Waals surface area contributed by atoms with Crippen molar-refractivity contribution in [1.82, 2.24) is 25.2 Å². The lowest BCUT2D eigenvalue weighted by Gasteiger charge is -2.35. The van der Waals surface area contributed by atoms with Gasteiger partial charge in [0.15, 0.2) is 11.6 Å². The number of hydrogen-bond acceptors (Lipinski definition) is 6. The van der Waals surface area contributed by atoms with Crippen molar-refractivity contribution in [3.05, 3.63) is 35.7 Å². The molecule has 0 radical (unpaired) electrons. The van der Waals surface area contributed by atoms with Crippen LogP contribution in [0.5, 0.6) is 0 Å². The quantitative estimate of drug-likeness (QED) is 0.594. The fraction of sp³-hybridized carbons (Fsp3) is 0.389. The molecule has 2 aromatic rings. The molecule has 1 aromatic carbocycles. The first-order chi connectivity index (χ1) is 13.5. The lowest BCUT2D eigenvalue weighted by atomic mass is 10.2. The minimum atomic E-state index is -0.642. The van der Waals surface area contributed by atoms with Crippen LogP contribution >= 0.6 is 12.2 Å².